The first kappa shape index (κ1) is 11.4. The fourth-order valence-electron chi connectivity index (χ4n) is 3.25. The predicted molar refractivity (Wildman–Crippen MR) is 63.0 cm³/mol. The molecule has 88 valence electrons. The summed E-state index contributed by atoms with van der Waals surface area (Å²) in [6.07, 6.45) is 6.51. The van der Waals surface area contributed by atoms with Crippen molar-refractivity contribution >= 4 is 0 Å². The predicted octanol–water partition coefficient (Wildman–Crippen LogP) is 2.67. The minimum atomic E-state index is 0.422. The Labute approximate surface area is 94.0 Å². The average molecular weight is 211 g/mol. The van der Waals surface area contributed by atoms with Gasteiger partial charge in [-0.05, 0) is 32.6 Å². The molecule has 0 aromatic heterocycles. The first-order valence-corrected chi connectivity index (χ1v) is 6.54. The van der Waals surface area contributed by atoms with Crippen LogP contribution in [0.25, 0.3) is 0 Å². The molecule has 2 heteroatoms. The standard InChI is InChI=1S/C13H25NO/c1-10-5-4-6-13(7-10)14-8-11(2)15-12(3)9-14/h10-13H,4-9H2,1-3H3/t10-,11-,12+,13-/m1/s1. The molecule has 0 unspecified atom stereocenters. The quantitative estimate of drug-likeness (QED) is 0.661. The van der Waals surface area contributed by atoms with Gasteiger partial charge in [0.05, 0.1) is 12.2 Å². The van der Waals surface area contributed by atoms with Crippen LogP contribution in [0.2, 0.25) is 0 Å². The van der Waals surface area contributed by atoms with E-state index in [1.54, 1.807) is 0 Å². The van der Waals surface area contributed by atoms with Crippen molar-refractivity contribution in [3.63, 3.8) is 0 Å². The Morgan fingerprint density at radius 2 is 1.67 bits per heavy atom. The van der Waals surface area contributed by atoms with Crippen LogP contribution in [0.4, 0.5) is 0 Å². The molecule has 2 nitrogen and oxygen atoms in total. The molecular formula is C13H25NO. The van der Waals surface area contributed by atoms with E-state index in [1.165, 1.54) is 25.7 Å². The second kappa shape index (κ2) is 4.84. The first-order valence-electron chi connectivity index (χ1n) is 6.54. The van der Waals surface area contributed by atoms with Gasteiger partial charge in [0.25, 0.3) is 0 Å². The van der Waals surface area contributed by atoms with Crippen LogP contribution in [0, 0.1) is 5.92 Å². The number of morpholine rings is 1. The highest BCUT2D eigenvalue weighted by atomic mass is 16.5. The Balaban J connectivity index is 1.91. The molecule has 2 fully saturated rings. The van der Waals surface area contributed by atoms with Gasteiger partial charge in [-0.2, -0.15) is 0 Å². The molecule has 1 saturated heterocycles. The lowest BCUT2D eigenvalue weighted by Gasteiger charge is -2.42. The molecule has 0 bridgehead atoms. The number of rotatable bonds is 1. The molecule has 4 atom stereocenters. The maximum absolute atomic E-state index is 5.79. The molecule has 1 saturated carbocycles. The third-order valence-electron chi connectivity index (χ3n) is 3.87. The zero-order chi connectivity index (χ0) is 10.8. The summed E-state index contributed by atoms with van der Waals surface area (Å²) in [6, 6.07) is 0.836. The van der Waals surface area contributed by atoms with Gasteiger partial charge < -0.3 is 4.74 Å². The Bertz CT molecular complexity index is 197. The minimum Gasteiger partial charge on any atom is -0.373 e. The highest BCUT2D eigenvalue weighted by Gasteiger charge is 2.30. The summed E-state index contributed by atoms with van der Waals surface area (Å²) in [5, 5.41) is 0. The van der Waals surface area contributed by atoms with E-state index in [4.69, 9.17) is 4.74 Å². The summed E-state index contributed by atoms with van der Waals surface area (Å²) < 4.78 is 5.79. The van der Waals surface area contributed by atoms with Gasteiger partial charge in [-0.3, -0.25) is 4.90 Å². The van der Waals surface area contributed by atoms with Crippen LogP contribution in [-0.2, 0) is 4.74 Å². The van der Waals surface area contributed by atoms with Gasteiger partial charge in [-0.15, -0.1) is 0 Å². The van der Waals surface area contributed by atoms with Crippen LogP contribution in [-0.4, -0.2) is 36.2 Å². The largest absolute Gasteiger partial charge is 0.373 e. The summed E-state index contributed by atoms with van der Waals surface area (Å²) in [7, 11) is 0. The van der Waals surface area contributed by atoms with Crippen molar-refractivity contribution in [2.75, 3.05) is 13.1 Å². The highest BCUT2D eigenvalue weighted by molar-refractivity contribution is 4.83. The van der Waals surface area contributed by atoms with E-state index < -0.39 is 0 Å². The zero-order valence-electron chi connectivity index (χ0n) is 10.4. The van der Waals surface area contributed by atoms with E-state index in [0.29, 0.717) is 12.2 Å². The first-order chi connectivity index (χ1) is 7.15. The van der Waals surface area contributed by atoms with E-state index in [9.17, 15) is 0 Å². The molecule has 0 aromatic carbocycles. The van der Waals surface area contributed by atoms with Crippen molar-refractivity contribution in [3.05, 3.63) is 0 Å². The van der Waals surface area contributed by atoms with Crippen LogP contribution in [0.15, 0.2) is 0 Å². The van der Waals surface area contributed by atoms with Crippen molar-refractivity contribution in [1.29, 1.82) is 0 Å². The lowest BCUT2D eigenvalue weighted by molar-refractivity contribution is -0.0858. The second-order valence-electron chi connectivity index (χ2n) is 5.64. The van der Waals surface area contributed by atoms with E-state index in [1.807, 2.05) is 0 Å². The Morgan fingerprint density at radius 3 is 2.27 bits per heavy atom. The molecule has 0 spiro atoms. The van der Waals surface area contributed by atoms with Crippen LogP contribution < -0.4 is 0 Å². The molecule has 0 aromatic rings. The van der Waals surface area contributed by atoms with E-state index in [2.05, 4.69) is 25.7 Å². The topological polar surface area (TPSA) is 12.5 Å². The van der Waals surface area contributed by atoms with Crippen LogP contribution in [0.5, 0.6) is 0 Å². The van der Waals surface area contributed by atoms with Gasteiger partial charge in [-0.25, -0.2) is 0 Å². The number of hydrogen-bond donors (Lipinski definition) is 0. The second-order valence-corrected chi connectivity index (χ2v) is 5.64. The third-order valence-corrected chi connectivity index (χ3v) is 3.87. The van der Waals surface area contributed by atoms with Gasteiger partial charge in [0, 0.05) is 19.1 Å². The summed E-state index contributed by atoms with van der Waals surface area (Å²) >= 11 is 0. The van der Waals surface area contributed by atoms with Crippen LogP contribution in [0.3, 0.4) is 0 Å². The van der Waals surface area contributed by atoms with E-state index >= 15 is 0 Å². The van der Waals surface area contributed by atoms with Gasteiger partial charge in [0.15, 0.2) is 0 Å². The van der Waals surface area contributed by atoms with Gasteiger partial charge in [0.1, 0.15) is 0 Å². The molecule has 0 amide bonds. The SMILES string of the molecule is C[C@@H]1CCC[C@@H](N2C[C@@H](C)O[C@@H](C)C2)C1. The molecule has 1 heterocycles. The maximum atomic E-state index is 5.79. The average Bonchev–Trinajstić information content (AvgIpc) is 2.16. The number of hydrogen-bond acceptors (Lipinski definition) is 2. The minimum absolute atomic E-state index is 0.422. The van der Waals surface area contributed by atoms with Crippen molar-refractivity contribution < 1.29 is 4.74 Å². The summed E-state index contributed by atoms with van der Waals surface area (Å²) in [6.45, 7) is 9.09. The van der Waals surface area contributed by atoms with Crippen molar-refractivity contribution in [1.82, 2.24) is 4.90 Å². The monoisotopic (exact) mass is 211 g/mol. The third kappa shape index (κ3) is 2.94. The van der Waals surface area contributed by atoms with Crippen molar-refractivity contribution in [2.45, 2.75) is 64.7 Å². The fraction of sp³-hybridized carbons (Fsp3) is 1.00. The summed E-state index contributed by atoms with van der Waals surface area (Å²) in [5.74, 6) is 0.928. The molecular weight excluding hydrogens is 186 g/mol. The summed E-state index contributed by atoms with van der Waals surface area (Å²) in [4.78, 5) is 2.68. The van der Waals surface area contributed by atoms with E-state index in [0.717, 1.165) is 25.0 Å². The molecule has 0 radical (unpaired) electrons. The van der Waals surface area contributed by atoms with Crippen LogP contribution in [0.1, 0.15) is 46.5 Å². The molecule has 2 aliphatic rings. The van der Waals surface area contributed by atoms with Gasteiger partial charge >= 0.3 is 0 Å². The lowest BCUT2D eigenvalue weighted by Crippen LogP contribution is -2.51. The van der Waals surface area contributed by atoms with Gasteiger partial charge in [0.2, 0.25) is 0 Å². The Morgan fingerprint density at radius 1 is 1.00 bits per heavy atom. The maximum Gasteiger partial charge on any atom is 0.0678 e. The smallest absolute Gasteiger partial charge is 0.0678 e. The highest BCUT2D eigenvalue weighted by Crippen LogP contribution is 2.29. The number of ether oxygens (including phenoxy) is 1. The normalized spacial score (nSPS) is 44.2. The van der Waals surface area contributed by atoms with Crippen LogP contribution >= 0.6 is 0 Å². The molecule has 15 heavy (non-hydrogen) atoms. The van der Waals surface area contributed by atoms with Crippen molar-refractivity contribution in [3.8, 4) is 0 Å². The Kier molecular flexibility index (Phi) is 3.68. The lowest BCUT2D eigenvalue weighted by atomic mass is 9.86. The zero-order valence-corrected chi connectivity index (χ0v) is 10.4. The molecule has 1 aliphatic carbocycles. The van der Waals surface area contributed by atoms with Crippen molar-refractivity contribution in [2.24, 2.45) is 5.92 Å². The molecule has 2 rings (SSSR count). The number of nitrogens with zero attached hydrogens (tertiary/aromatic N) is 1. The summed E-state index contributed by atoms with van der Waals surface area (Å²) in [5.41, 5.74) is 0. The fourth-order valence-corrected chi connectivity index (χ4v) is 3.25. The molecule has 1 aliphatic heterocycles. The van der Waals surface area contributed by atoms with Gasteiger partial charge in [-0.1, -0.05) is 19.8 Å². The molecule has 0 N–H and O–H groups in total. The Hall–Kier alpha value is -0.0800. The van der Waals surface area contributed by atoms with E-state index in [-0.39, 0.29) is 0 Å².